The molecule has 2 aliphatic rings. The van der Waals surface area contributed by atoms with Crippen molar-refractivity contribution in [3.05, 3.63) is 0 Å². The van der Waals surface area contributed by atoms with Gasteiger partial charge in [-0.1, -0.05) is 13.8 Å². The normalized spacial score (nSPS) is 36.7. The van der Waals surface area contributed by atoms with Crippen LogP contribution in [0.4, 0.5) is 0 Å². The molecule has 0 aliphatic carbocycles. The van der Waals surface area contributed by atoms with Crippen LogP contribution in [0.25, 0.3) is 0 Å². The van der Waals surface area contributed by atoms with Crippen LogP contribution < -0.4 is 5.32 Å². The highest BCUT2D eigenvalue weighted by Crippen LogP contribution is 2.17. The number of ether oxygens (including phenoxy) is 1. The Balaban J connectivity index is 1.79. The minimum atomic E-state index is 0.457. The first-order chi connectivity index (χ1) is 8.28. The molecule has 100 valence electrons. The zero-order valence-electron chi connectivity index (χ0n) is 11.5. The van der Waals surface area contributed by atoms with Crippen LogP contribution in [0.1, 0.15) is 39.5 Å². The first-order valence-electron chi connectivity index (χ1n) is 7.35. The molecule has 0 radical (unpaired) electrons. The Morgan fingerprint density at radius 3 is 3.06 bits per heavy atom. The molecule has 0 bridgehead atoms. The summed E-state index contributed by atoms with van der Waals surface area (Å²) in [7, 11) is 0. The summed E-state index contributed by atoms with van der Waals surface area (Å²) >= 11 is 0. The van der Waals surface area contributed by atoms with Crippen molar-refractivity contribution in [2.45, 2.75) is 51.7 Å². The summed E-state index contributed by atoms with van der Waals surface area (Å²) in [5.74, 6) is 0.895. The van der Waals surface area contributed by atoms with Gasteiger partial charge in [0.1, 0.15) is 0 Å². The van der Waals surface area contributed by atoms with E-state index < -0.39 is 0 Å². The van der Waals surface area contributed by atoms with Crippen LogP contribution in [-0.2, 0) is 4.74 Å². The first kappa shape index (κ1) is 13.3. The van der Waals surface area contributed by atoms with Gasteiger partial charge in [-0.2, -0.15) is 0 Å². The van der Waals surface area contributed by atoms with Crippen molar-refractivity contribution >= 4 is 0 Å². The molecular formula is C14H28N2O. The van der Waals surface area contributed by atoms with E-state index in [1.165, 1.54) is 38.9 Å². The van der Waals surface area contributed by atoms with Crippen LogP contribution in [-0.4, -0.2) is 49.8 Å². The predicted octanol–water partition coefficient (Wildman–Crippen LogP) is 1.88. The second-order valence-electron chi connectivity index (χ2n) is 5.79. The minimum Gasteiger partial charge on any atom is -0.377 e. The number of rotatable bonds is 3. The molecule has 2 rings (SSSR count). The molecule has 0 saturated carbocycles. The minimum absolute atomic E-state index is 0.457. The van der Waals surface area contributed by atoms with Crippen LogP contribution in [0.3, 0.4) is 0 Å². The van der Waals surface area contributed by atoms with E-state index in [1.807, 2.05) is 0 Å². The Kier molecular flexibility index (Phi) is 5.26. The molecule has 2 aliphatic heterocycles. The van der Waals surface area contributed by atoms with Gasteiger partial charge in [-0.05, 0) is 38.1 Å². The van der Waals surface area contributed by atoms with Gasteiger partial charge in [0.25, 0.3) is 0 Å². The van der Waals surface area contributed by atoms with E-state index in [0.717, 1.165) is 25.5 Å². The average molecular weight is 240 g/mol. The molecule has 0 amide bonds. The molecule has 3 heteroatoms. The largest absolute Gasteiger partial charge is 0.377 e. The number of hydrogen-bond acceptors (Lipinski definition) is 3. The number of nitrogens with zero attached hydrogens (tertiary/aromatic N) is 1. The average Bonchev–Trinajstić information content (AvgIpc) is 2.54. The van der Waals surface area contributed by atoms with Crippen molar-refractivity contribution in [3.63, 3.8) is 0 Å². The molecule has 0 aromatic heterocycles. The van der Waals surface area contributed by atoms with Crippen LogP contribution in [0.5, 0.6) is 0 Å². The van der Waals surface area contributed by atoms with Gasteiger partial charge in [0, 0.05) is 32.3 Å². The SMILES string of the molecule is CCC1CN(CC2CC(C)CCN2)CCCO1. The molecule has 17 heavy (non-hydrogen) atoms. The van der Waals surface area contributed by atoms with Crippen molar-refractivity contribution in [2.75, 3.05) is 32.8 Å². The monoisotopic (exact) mass is 240 g/mol. The third kappa shape index (κ3) is 4.23. The summed E-state index contributed by atoms with van der Waals surface area (Å²) in [5.41, 5.74) is 0. The lowest BCUT2D eigenvalue weighted by Gasteiger charge is -2.33. The van der Waals surface area contributed by atoms with Crippen molar-refractivity contribution in [2.24, 2.45) is 5.92 Å². The Labute approximate surface area is 106 Å². The molecule has 2 saturated heterocycles. The van der Waals surface area contributed by atoms with E-state index in [2.05, 4.69) is 24.1 Å². The molecule has 3 unspecified atom stereocenters. The van der Waals surface area contributed by atoms with Crippen LogP contribution in [0.2, 0.25) is 0 Å². The molecule has 2 fully saturated rings. The zero-order chi connectivity index (χ0) is 12.1. The summed E-state index contributed by atoms with van der Waals surface area (Å²) in [6.07, 6.45) is 5.48. The van der Waals surface area contributed by atoms with Gasteiger partial charge in [0.05, 0.1) is 6.10 Å². The fourth-order valence-electron chi connectivity index (χ4n) is 3.05. The maximum atomic E-state index is 5.83. The summed E-state index contributed by atoms with van der Waals surface area (Å²) in [6, 6.07) is 0.703. The van der Waals surface area contributed by atoms with Gasteiger partial charge in [0.2, 0.25) is 0 Å². The molecule has 2 heterocycles. The van der Waals surface area contributed by atoms with Gasteiger partial charge < -0.3 is 10.1 Å². The highest BCUT2D eigenvalue weighted by molar-refractivity contribution is 4.81. The highest BCUT2D eigenvalue weighted by atomic mass is 16.5. The summed E-state index contributed by atoms with van der Waals surface area (Å²) in [5, 5.41) is 3.67. The van der Waals surface area contributed by atoms with E-state index >= 15 is 0 Å². The summed E-state index contributed by atoms with van der Waals surface area (Å²) in [6.45, 7) is 10.3. The zero-order valence-corrected chi connectivity index (χ0v) is 11.5. The Morgan fingerprint density at radius 2 is 2.29 bits per heavy atom. The Morgan fingerprint density at radius 1 is 1.41 bits per heavy atom. The van der Waals surface area contributed by atoms with E-state index in [-0.39, 0.29) is 0 Å². The Hall–Kier alpha value is -0.120. The fourth-order valence-corrected chi connectivity index (χ4v) is 3.05. The predicted molar refractivity (Wildman–Crippen MR) is 71.3 cm³/mol. The second kappa shape index (κ2) is 6.72. The molecule has 3 atom stereocenters. The lowest BCUT2D eigenvalue weighted by atomic mass is 9.94. The highest BCUT2D eigenvalue weighted by Gasteiger charge is 2.23. The second-order valence-corrected chi connectivity index (χ2v) is 5.79. The van der Waals surface area contributed by atoms with E-state index in [4.69, 9.17) is 4.74 Å². The van der Waals surface area contributed by atoms with Crippen LogP contribution in [0, 0.1) is 5.92 Å². The van der Waals surface area contributed by atoms with Gasteiger partial charge in [-0.15, -0.1) is 0 Å². The topological polar surface area (TPSA) is 24.5 Å². The number of piperidine rings is 1. The lowest BCUT2D eigenvalue weighted by Crippen LogP contribution is -2.47. The van der Waals surface area contributed by atoms with Crippen molar-refractivity contribution in [3.8, 4) is 0 Å². The van der Waals surface area contributed by atoms with Gasteiger partial charge in [-0.3, -0.25) is 4.90 Å². The fraction of sp³-hybridized carbons (Fsp3) is 1.00. The van der Waals surface area contributed by atoms with Crippen molar-refractivity contribution < 1.29 is 4.74 Å². The number of nitrogens with one attached hydrogen (secondary N) is 1. The van der Waals surface area contributed by atoms with Gasteiger partial charge >= 0.3 is 0 Å². The van der Waals surface area contributed by atoms with Crippen molar-refractivity contribution in [1.82, 2.24) is 10.2 Å². The molecule has 0 aromatic carbocycles. The van der Waals surface area contributed by atoms with E-state index in [0.29, 0.717) is 12.1 Å². The molecule has 0 aromatic rings. The lowest BCUT2D eigenvalue weighted by molar-refractivity contribution is 0.0499. The molecule has 3 nitrogen and oxygen atoms in total. The third-order valence-corrected chi connectivity index (χ3v) is 4.13. The molecule has 0 spiro atoms. The molecule has 1 N–H and O–H groups in total. The van der Waals surface area contributed by atoms with Crippen molar-refractivity contribution in [1.29, 1.82) is 0 Å². The third-order valence-electron chi connectivity index (χ3n) is 4.13. The van der Waals surface area contributed by atoms with Crippen LogP contribution in [0.15, 0.2) is 0 Å². The van der Waals surface area contributed by atoms with Gasteiger partial charge in [-0.25, -0.2) is 0 Å². The Bertz CT molecular complexity index is 222. The number of hydrogen-bond donors (Lipinski definition) is 1. The summed E-state index contributed by atoms with van der Waals surface area (Å²) < 4.78 is 5.83. The maximum absolute atomic E-state index is 5.83. The summed E-state index contributed by atoms with van der Waals surface area (Å²) in [4.78, 5) is 2.61. The first-order valence-corrected chi connectivity index (χ1v) is 7.35. The quantitative estimate of drug-likeness (QED) is 0.815. The van der Waals surface area contributed by atoms with E-state index in [1.54, 1.807) is 0 Å². The van der Waals surface area contributed by atoms with E-state index in [9.17, 15) is 0 Å². The van der Waals surface area contributed by atoms with Gasteiger partial charge in [0.15, 0.2) is 0 Å². The maximum Gasteiger partial charge on any atom is 0.0699 e. The standard InChI is InChI=1S/C14H28N2O/c1-3-14-11-16(7-4-8-17-14)10-13-9-12(2)5-6-15-13/h12-15H,3-11H2,1-2H3. The molecular weight excluding hydrogens is 212 g/mol. The van der Waals surface area contributed by atoms with Crippen LogP contribution >= 0.6 is 0 Å². The smallest absolute Gasteiger partial charge is 0.0699 e.